The highest BCUT2D eigenvalue weighted by molar-refractivity contribution is 5.76. The van der Waals surface area contributed by atoms with Crippen molar-refractivity contribution >= 4 is 11.0 Å². The zero-order valence-corrected chi connectivity index (χ0v) is 6.99. The average molecular weight is 161 g/mol. The Morgan fingerprint density at radius 2 is 2.42 bits per heavy atom. The summed E-state index contributed by atoms with van der Waals surface area (Å²) < 4.78 is 2.07. The SMILES string of the molecule is Cn1c(CN)cc2ncccc21. The van der Waals surface area contributed by atoms with Gasteiger partial charge in [-0.3, -0.25) is 4.98 Å². The van der Waals surface area contributed by atoms with Gasteiger partial charge in [0, 0.05) is 25.5 Å². The molecule has 2 aromatic rings. The van der Waals surface area contributed by atoms with Crippen LogP contribution in [0.3, 0.4) is 0 Å². The maximum absolute atomic E-state index is 5.57. The first-order valence-corrected chi connectivity index (χ1v) is 3.92. The molecule has 0 saturated carbocycles. The van der Waals surface area contributed by atoms with Gasteiger partial charge in [-0.25, -0.2) is 0 Å². The summed E-state index contributed by atoms with van der Waals surface area (Å²) >= 11 is 0. The van der Waals surface area contributed by atoms with Crippen molar-refractivity contribution in [3.05, 3.63) is 30.1 Å². The number of aryl methyl sites for hydroxylation is 1. The van der Waals surface area contributed by atoms with Gasteiger partial charge in [-0.1, -0.05) is 0 Å². The summed E-state index contributed by atoms with van der Waals surface area (Å²) in [5.41, 5.74) is 8.83. The van der Waals surface area contributed by atoms with E-state index in [1.54, 1.807) is 6.20 Å². The number of nitrogens with zero attached hydrogens (tertiary/aromatic N) is 2. The normalized spacial score (nSPS) is 10.8. The van der Waals surface area contributed by atoms with Gasteiger partial charge in [-0.15, -0.1) is 0 Å². The minimum atomic E-state index is 0.562. The lowest BCUT2D eigenvalue weighted by Gasteiger charge is -1.98. The second-order valence-corrected chi connectivity index (χ2v) is 2.81. The van der Waals surface area contributed by atoms with E-state index in [4.69, 9.17) is 5.73 Å². The van der Waals surface area contributed by atoms with E-state index < -0.39 is 0 Å². The number of nitrogens with two attached hydrogens (primary N) is 1. The molecule has 0 saturated heterocycles. The van der Waals surface area contributed by atoms with Gasteiger partial charge in [0.05, 0.1) is 11.0 Å². The Morgan fingerprint density at radius 1 is 1.58 bits per heavy atom. The van der Waals surface area contributed by atoms with Crippen molar-refractivity contribution in [3.8, 4) is 0 Å². The highest BCUT2D eigenvalue weighted by Gasteiger charge is 2.02. The number of pyridine rings is 1. The van der Waals surface area contributed by atoms with Crippen molar-refractivity contribution in [2.24, 2.45) is 12.8 Å². The minimum absolute atomic E-state index is 0.562. The summed E-state index contributed by atoms with van der Waals surface area (Å²) in [5.74, 6) is 0. The minimum Gasteiger partial charge on any atom is -0.345 e. The Balaban J connectivity index is 2.78. The standard InChI is InChI=1S/C9H11N3/c1-12-7(6-10)5-8-9(12)3-2-4-11-8/h2-5H,6,10H2,1H3. The summed E-state index contributed by atoms with van der Waals surface area (Å²) in [6.45, 7) is 0.562. The second kappa shape index (κ2) is 2.60. The van der Waals surface area contributed by atoms with Crippen LogP contribution < -0.4 is 5.73 Å². The lowest BCUT2D eigenvalue weighted by Crippen LogP contribution is -2.02. The van der Waals surface area contributed by atoms with E-state index in [9.17, 15) is 0 Å². The highest BCUT2D eigenvalue weighted by Crippen LogP contribution is 2.14. The first-order chi connectivity index (χ1) is 5.83. The number of hydrogen-bond acceptors (Lipinski definition) is 2. The molecule has 0 spiro atoms. The van der Waals surface area contributed by atoms with E-state index in [1.165, 1.54) is 0 Å². The van der Waals surface area contributed by atoms with E-state index in [-0.39, 0.29) is 0 Å². The van der Waals surface area contributed by atoms with Crippen LogP contribution in [0.15, 0.2) is 24.4 Å². The predicted octanol–water partition coefficient (Wildman–Crippen LogP) is 1.03. The zero-order valence-electron chi connectivity index (χ0n) is 6.99. The van der Waals surface area contributed by atoms with Crippen LogP contribution in [-0.4, -0.2) is 9.55 Å². The summed E-state index contributed by atoms with van der Waals surface area (Å²) in [5, 5.41) is 0. The van der Waals surface area contributed by atoms with Crippen LogP contribution in [0.5, 0.6) is 0 Å². The molecular weight excluding hydrogens is 150 g/mol. The largest absolute Gasteiger partial charge is 0.345 e. The monoisotopic (exact) mass is 161 g/mol. The molecule has 2 heterocycles. The zero-order chi connectivity index (χ0) is 8.55. The Kier molecular flexibility index (Phi) is 1.59. The predicted molar refractivity (Wildman–Crippen MR) is 48.6 cm³/mol. The molecule has 12 heavy (non-hydrogen) atoms. The molecule has 0 atom stereocenters. The van der Waals surface area contributed by atoms with Crippen LogP contribution in [-0.2, 0) is 13.6 Å². The quantitative estimate of drug-likeness (QED) is 0.679. The van der Waals surface area contributed by atoms with E-state index in [0.717, 1.165) is 16.7 Å². The van der Waals surface area contributed by atoms with Crippen LogP contribution in [0.25, 0.3) is 11.0 Å². The van der Waals surface area contributed by atoms with E-state index in [1.807, 2.05) is 25.2 Å². The van der Waals surface area contributed by atoms with Crippen LogP contribution >= 0.6 is 0 Å². The molecule has 2 aromatic heterocycles. The van der Waals surface area contributed by atoms with Crippen molar-refractivity contribution in [2.45, 2.75) is 6.54 Å². The van der Waals surface area contributed by atoms with E-state index >= 15 is 0 Å². The van der Waals surface area contributed by atoms with E-state index in [2.05, 4.69) is 9.55 Å². The lowest BCUT2D eigenvalue weighted by atomic mass is 10.4. The number of fused-ring (bicyclic) bond motifs is 1. The summed E-state index contributed by atoms with van der Waals surface area (Å²) in [4.78, 5) is 4.23. The smallest absolute Gasteiger partial charge is 0.0884 e. The third-order valence-corrected chi connectivity index (χ3v) is 2.12. The third-order valence-electron chi connectivity index (χ3n) is 2.12. The molecule has 3 heteroatoms. The molecular formula is C9H11N3. The average Bonchev–Trinajstić information content (AvgIpc) is 2.44. The van der Waals surface area contributed by atoms with Crippen LogP contribution in [0.1, 0.15) is 5.69 Å². The van der Waals surface area contributed by atoms with Crippen molar-refractivity contribution in [1.29, 1.82) is 0 Å². The second-order valence-electron chi connectivity index (χ2n) is 2.81. The summed E-state index contributed by atoms with van der Waals surface area (Å²) in [6, 6.07) is 6.00. The van der Waals surface area contributed by atoms with Gasteiger partial charge in [0.2, 0.25) is 0 Å². The Bertz CT molecular complexity index is 403. The molecule has 0 aliphatic heterocycles. The molecule has 0 aromatic carbocycles. The Labute approximate surface area is 70.8 Å². The summed E-state index contributed by atoms with van der Waals surface area (Å²) in [6.07, 6.45) is 1.79. The van der Waals surface area contributed by atoms with Gasteiger partial charge >= 0.3 is 0 Å². The molecule has 0 fully saturated rings. The fraction of sp³-hybridized carbons (Fsp3) is 0.222. The third kappa shape index (κ3) is 0.905. The first kappa shape index (κ1) is 7.31. The fourth-order valence-electron chi connectivity index (χ4n) is 1.41. The lowest BCUT2D eigenvalue weighted by molar-refractivity contribution is 0.849. The number of rotatable bonds is 1. The molecule has 62 valence electrons. The molecule has 0 aliphatic rings. The number of hydrogen-bond donors (Lipinski definition) is 1. The Morgan fingerprint density at radius 3 is 3.08 bits per heavy atom. The van der Waals surface area contributed by atoms with Crippen LogP contribution in [0.2, 0.25) is 0 Å². The topological polar surface area (TPSA) is 43.8 Å². The molecule has 2 rings (SSSR count). The van der Waals surface area contributed by atoms with Crippen molar-refractivity contribution in [1.82, 2.24) is 9.55 Å². The van der Waals surface area contributed by atoms with Crippen LogP contribution in [0.4, 0.5) is 0 Å². The molecule has 0 aliphatic carbocycles. The van der Waals surface area contributed by atoms with Gasteiger partial charge in [0.15, 0.2) is 0 Å². The molecule has 0 unspecified atom stereocenters. The molecule has 0 radical (unpaired) electrons. The van der Waals surface area contributed by atoms with Crippen LogP contribution in [0, 0.1) is 0 Å². The van der Waals surface area contributed by atoms with Gasteiger partial charge in [0.25, 0.3) is 0 Å². The highest BCUT2D eigenvalue weighted by atomic mass is 15.0. The van der Waals surface area contributed by atoms with E-state index in [0.29, 0.717) is 6.54 Å². The fourth-order valence-corrected chi connectivity index (χ4v) is 1.41. The van der Waals surface area contributed by atoms with Gasteiger partial charge < -0.3 is 10.3 Å². The Hall–Kier alpha value is -1.35. The van der Waals surface area contributed by atoms with Crippen molar-refractivity contribution in [3.63, 3.8) is 0 Å². The van der Waals surface area contributed by atoms with Gasteiger partial charge in [-0.05, 0) is 18.2 Å². The first-order valence-electron chi connectivity index (χ1n) is 3.92. The van der Waals surface area contributed by atoms with Crippen molar-refractivity contribution in [2.75, 3.05) is 0 Å². The maximum atomic E-state index is 5.57. The van der Waals surface area contributed by atoms with Gasteiger partial charge in [0.1, 0.15) is 0 Å². The molecule has 2 N–H and O–H groups in total. The molecule has 3 nitrogen and oxygen atoms in total. The van der Waals surface area contributed by atoms with Gasteiger partial charge in [-0.2, -0.15) is 0 Å². The molecule has 0 bridgehead atoms. The maximum Gasteiger partial charge on any atom is 0.0884 e. The summed E-state index contributed by atoms with van der Waals surface area (Å²) in [7, 11) is 2.01. The number of aromatic nitrogens is 2. The molecule has 0 amide bonds. The van der Waals surface area contributed by atoms with Crippen molar-refractivity contribution < 1.29 is 0 Å².